The molecule has 0 unspecified atom stereocenters. The Morgan fingerprint density at radius 1 is 1.53 bits per heavy atom. The molecule has 5 heteroatoms. The van der Waals surface area contributed by atoms with Crippen LogP contribution in [0.5, 0.6) is 5.75 Å². The number of fused-ring (bicyclic) bond motifs is 1. The molecule has 0 atom stereocenters. The third kappa shape index (κ3) is 3.18. The molecule has 2 N–H and O–H groups in total. The van der Waals surface area contributed by atoms with Crippen LogP contribution in [0.25, 0.3) is 0 Å². The quantitative estimate of drug-likeness (QED) is 0.585. The van der Waals surface area contributed by atoms with Gasteiger partial charge < -0.3 is 14.8 Å². The molecule has 0 fully saturated rings. The van der Waals surface area contributed by atoms with Gasteiger partial charge in [0.05, 0.1) is 12.4 Å². The summed E-state index contributed by atoms with van der Waals surface area (Å²) in [4.78, 5) is 11.2. The molecule has 1 aliphatic heterocycles. The number of benzene rings is 1. The fraction of sp³-hybridized carbons (Fsp3) is 0.417. The minimum Gasteiger partial charge on any atom is -0.482 e. The second-order valence-corrected chi connectivity index (χ2v) is 3.85. The molecule has 5 nitrogen and oxygen atoms in total. The average molecular weight is 236 g/mol. The van der Waals surface area contributed by atoms with Crippen LogP contribution in [0.2, 0.25) is 0 Å². The van der Waals surface area contributed by atoms with Crippen LogP contribution in [-0.2, 0) is 16.0 Å². The van der Waals surface area contributed by atoms with Crippen molar-refractivity contribution in [1.29, 1.82) is 0 Å². The minimum atomic E-state index is -0.104. The second kappa shape index (κ2) is 5.65. The molecule has 0 spiro atoms. The highest BCUT2D eigenvalue weighted by Crippen LogP contribution is 2.28. The van der Waals surface area contributed by atoms with Crippen molar-refractivity contribution in [2.24, 2.45) is 0 Å². The van der Waals surface area contributed by atoms with E-state index in [-0.39, 0.29) is 12.5 Å². The number of amides is 1. The summed E-state index contributed by atoms with van der Waals surface area (Å²) in [5, 5.41) is 5.92. The van der Waals surface area contributed by atoms with Crippen molar-refractivity contribution in [1.82, 2.24) is 5.32 Å². The molecule has 2 rings (SSSR count). The molecule has 17 heavy (non-hydrogen) atoms. The van der Waals surface area contributed by atoms with Crippen LogP contribution in [0.1, 0.15) is 5.56 Å². The lowest BCUT2D eigenvalue weighted by molar-refractivity contribution is -0.118. The van der Waals surface area contributed by atoms with Gasteiger partial charge in [0.25, 0.3) is 5.91 Å². The molecule has 0 radical (unpaired) electrons. The van der Waals surface area contributed by atoms with E-state index in [1.165, 1.54) is 0 Å². The fourth-order valence-corrected chi connectivity index (χ4v) is 1.69. The zero-order valence-electron chi connectivity index (χ0n) is 9.79. The molecule has 0 aliphatic carbocycles. The predicted octanol–water partition coefficient (Wildman–Crippen LogP) is 0.753. The van der Waals surface area contributed by atoms with Crippen LogP contribution in [0.4, 0.5) is 5.69 Å². The highest BCUT2D eigenvalue weighted by atomic mass is 16.5. The molecule has 0 saturated heterocycles. The summed E-state index contributed by atoms with van der Waals surface area (Å²) in [6.07, 6.45) is 0.881. The van der Waals surface area contributed by atoms with Crippen molar-refractivity contribution in [3.63, 3.8) is 0 Å². The van der Waals surface area contributed by atoms with E-state index in [2.05, 4.69) is 10.6 Å². The van der Waals surface area contributed by atoms with Crippen LogP contribution in [0.15, 0.2) is 18.2 Å². The van der Waals surface area contributed by atoms with Crippen LogP contribution in [-0.4, -0.2) is 32.9 Å². The Balaban J connectivity index is 1.95. The average Bonchev–Trinajstić information content (AvgIpc) is 2.34. The van der Waals surface area contributed by atoms with E-state index in [9.17, 15) is 4.79 Å². The number of rotatable bonds is 5. The Bertz CT molecular complexity index is 407. The molecule has 0 bridgehead atoms. The van der Waals surface area contributed by atoms with E-state index in [4.69, 9.17) is 9.47 Å². The van der Waals surface area contributed by atoms with Gasteiger partial charge in [-0.1, -0.05) is 6.07 Å². The molecule has 1 aliphatic rings. The van der Waals surface area contributed by atoms with Crippen LogP contribution < -0.4 is 15.4 Å². The first kappa shape index (κ1) is 11.9. The summed E-state index contributed by atoms with van der Waals surface area (Å²) in [7, 11) is 1.65. The van der Waals surface area contributed by atoms with Crippen molar-refractivity contribution in [3.8, 4) is 5.75 Å². The maximum atomic E-state index is 11.2. The van der Waals surface area contributed by atoms with E-state index in [0.717, 1.165) is 30.0 Å². The van der Waals surface area contributed by atoms with Crippen LogP contribution >= 0.6 is 0 Å². The van der Waals surface area contributed by atoms with Gasteiger partial charge in [0.1, 0.15) is 5.75 Å². The summed E-state index contributed by atoms with van der Waals surface area (Å²) < 4.78 is 10.2. The molecular formula is C12H16N2O3. The van der Waals surface area contributed by atoms with E-state index < -0.39 is 0 Å². The molecule has 1 aromatic rings. The Morgan fingerprint density at radius 3 is 3.24 bits per heavy atom. The van der Waals surface area contributed by atoms with Gasteiger partial charge in [-0.15, -0.1) is 0 Å². The van der Waals surface area contributed by atoms with Gasteiger partial charge in [-0.25, -0.2) is 0 Å². The lowest BCUT2D eigenvalue weighted by Gasteiger charge is -2.18. The number of hydrogen-bond donors (Lipinski definition) is 2. The highest BCUT2D eigenvalue weighted by Gasteiger charge is 2.15. The van der Waals surface area contributed by atoms with Crippen molar-refractivity contribution in [2.45, 2.75) is 6.42 Å². The van der Waals surface area contributed by atoms with E-state index >= 15 is 0 Å². The lowest BCUT2D eigenvalue weighted by Crippen LogP contribution is -2.25. The smallest absolute Gasteiger partial charge is 0.262 e. The van der Waals surface area contributed by atoms with Crippen LogP contribution in [0, 0.1) is 0 Å². The van der Waals surface area contributed by atoms with Crippen molar-refractivity contribution in [3.05, 3.63) is 23.8 Å². The number of hydrogen-bond acceptors (Lipinski definition) is 4. The first-order chi connectivity index (χ1) is 8.29. The molecule has 1 amide bonds. The predicted molar refractivity (Wildman–Crippen MR) is 64.1 cm³/mol. The number of methoxy groups -OCH3 is 1. The van der Waals surface area contributed by atoms with Gasteiger partial charge >= 0.3 is 0 Å². The zero-order valence-corrected chi connectivity index (χ0v) is 9.79. The maximum Gasteiger partial charge on any atom is 0.262 e. The third-order valence-electron chi connectivity index (χ3n) is 2.51. The largest absolute Gasteiger partial charge is 0.482 e. The number of ether oxygens (including phenoxy) is 2. The summed E-state index contributed by atoms with van der Waals surface area (Å²) in [6, 6.07) is 5.84. The van der Waals surface area contributed by atoms with Crippen LogP contribution in [0.3, 0.4) is 0 Å². The van der Waals surface area contributed by atoms with Gasteiger partial charge in [0.2, 0.25) is 0 Å². The topological polar surface area (TPSA) is 59.6 Å². The minimum absolute atomic E-state index is 0.0989. The Labute approximate surface area is 100 Å². The van der Waals surface area contributed by atoms with Gasteiger partial charge in [-0.2, -0.15) is 0 Å². The number of carbonyl (C=O) groups is 1. The van der Waals surface area contributed by atoms with Crippen molar-refractivity contribution in [2.75, 3.05) is 32.3 Å². The summed E-state index contributed by atoms with van der Waals surface area (Å²) in [5.41, 5.74) is 1.91. The molecule has 1 heterocycles. The normalized spacial score (nSPS) is 13.8. The molecule has 1 aromatic carbocycles. The number of nitrogens with one attached hydrogen (secondary N) is 2. The summed E-state index contributed by atoms with van der Waals surface area (Å²) in [6.45, 7) is 1.48. The molecule has 0 saturated carbocycles. The van der Waals surface area contributed by atoms with Gasteiger partial charge in [0.15, 0.2) is 6.61 Å². The van der Waals surface area contributed by atoms with E-state index in [0.29, 0.717) is 6.73 Å². The van der Waals surface area contributed by atoms with Gasteiger partial charge in [-0.3, -0.25) is 10.1 Å². The van der Waals surface area contributed by atoms with Crippen molar-refractivity contribution >= 4 is 11.6 Å². The Morgan fingerprint density at radius 2 is 2.41 bits per heavy atom. The molecule has 0 aromatic heterocycles. The monoisotopic (exact) mass is 236 g/mol. The van der Waals surface area contributed by atoms with Gasteiger partial charge in [0, 0.05) is 13.7 Å². The fourth-order valence-electron chi connectivity index (χ4n) is 1.69. The molecule has 92 valence electrons. The molecular weight excluding hydrogens is 220 g/mol. The lowest BCUT2D eigenvalue weighted by atomic mass is 10.1. The van der Waals surface area contributed by atoms with E-state index in [1.54, 1.807) is 7.11 Å². The summed E-state index contributed by atoms with van der Waals surface area (Å²) >= 11 is 0. The second-order valence-electron chi connectivity index (χ2n) is 3.85. The van der Waals surface area contributed by atoms with E-state index in [1.807, 2.05) is 18.2 Å². The number of carbonyl (C=O) groups excluding carboxylic acids is 1. The zero-order chi connectivity index (χ0) is 12.1. The number of anilines is 1. The SMILES string of the molecule is COCNCCc1ccc2c(c1)NC(=O)CO2. The highest BCUT2D eigenvalue weighted by molar-refractivity contribution is 5.95. The standard InChI is InChI=1S/C12H16N2O3/c1-16-8-13-5-4-9-2-3-11-10(6-9)14-12(15)7-17-11/h2-3,6,13H,4-5,7-8H2,1H3,(H,14,15). The van der Waals surface area contributed by atoms with Gasteiger partial charge in [-0.05, 0) is 24.1 Å². The third-order valence-corrected chi connectivity index (χ3v) is 2.51. The first-order valence-corrected chi connectivity index (χ1v) is 5.55. The maximum absolute atomic E-state index is 11.2. The van der Waals surface area contributed by atoms with Crippen molar-refractivity contribution < 1.29 is 14.3 Å². The first-order valence-electron chi connectivity index (χ1n) is 5.55. The Kier molecular flexibility index (Phi) is 3.95. The Hall–Kier alpha value is -1.59. The summed E-state index contributed by atoms with van der Waals surface area (Å²) in [5.74, 6) is 0.630.